The summed E-state index contributed by atoms with van der Waals surface area (Å²) >= 11 is 0. The molecule has 0 atom stereocenters. The molecular weight excluding hydrogens is 310 g/mol. The highest BCUT2D eigenvalue weighted by Crippen LogP contribution is 2.17. The van der Waals surface area contributed by atoms with Gasteiger partial charge in [-0.15, -0.1) is 0 Å². The molecule has 0 bridgehead atoms. The van der Waals surface area contributed by atoms with Gasteiger partial charge in [-0.25, -0.2) is 8.98 Å². The van der Waals surface area contributed by atoms with E-state index in [0.717, 1.165) is 12.7 Å². The van der Waals surface area contributed by atoms with Crippen LogP contribution in [0.3, 0.4) is 0 Å². The summed E-state index contributed by atoms with van der Waals surface area (Å²) in [6.45, 7) is 0.989. The zero-order chi connectivity index (χ0) is 16.0. The van der Waals surface area contributed by atoms with Gasteiger partial charge < -0.3 is 9.64 Å². The molecule has 0 unspecified atom stereocenters. The van der Waals surface area contributed by atoms with Gasteiger partial charge in [0.15, 0.2) is 0 Å². The Morgan fingerprint density at radius 1 is 1.23 bits per heavy atom. The van der Waals surface area contributed by atoms with Crippen molar-refractivity contribution in [1.82, 2.24) is 4.90 Å². The van der Waals surface area contributed by atoms with Gasteiger partial charge in [-0.3, -0.25) is 4.18 Å². The molecule has 2 rings (SSSR count). The predicted octanol–water partition coefficient (Wildman–Crippen LogP) is 1.70. The molecule has 22 heavy (non-hydrogen) atoms. The van der Waals surface area contributed by atoms with Crippen molar-refractivity contribution >= 4 is 16.5 Å². The minimum Gasteiger partial charge on any atom is -0.445 e. The molecule has 1 fully saturated rings. The summed E-state index contributed by atoms with van der Waals surface area (Å²) in [7, 11) is -2.89. The Bertz CT molecular complexity index is 581. The van der Waals surface area contributed by atoms with Crippen LogP contribution in [0, 0.1) is 0 Å². The average molecular weight is 329 g/mol. The number of nitrogens with zero attached hydrogens (tertiary/aromatic N) is 1. The second-order valence-corrected chi connectivity index (χ2v) is 6.24. The molecule has 1 saturated heterocycles. The van der Waals surface area contributed by atoms with Gasteiger partial charge in [0, 0.05) is 13.1 Å². The van der Waals surface area contributed by atoms with E-state index in [-0.39, 0.29) is 6.61 Å². The third-order valence-electron chi connectivity index (χ3n) is 3.36. The molecule has 122 valence electrons. The number of hydrogen-bond donors (Lipinski definition) is 0. The van der Waals surface area contributed by atoms with Crippen molar-refractivity contribution in [3.05, 3.63) is 35.9 Å². The lowest BCUT2D eigenvalue weighted by Gasteiger charge is -2.30. The molecule has 1 aromatic carbocycles. The molecule has 0 N–H and O–H groups in total. The molecule has 1 aromatic rings. The van der Waals surface area contributed by atoms with Crippen LogP contribution in [-0.2, 0) is 30.1 Å². The summed E-state index contributed by atoms with van der Waals surface area (Å²) in [6, 6.07) is 9.40. The van der Waals surface area contributed by atoms with Gasteiger partial charge in [0.1, 0.15) is 6.61 Å². The van der Waals surface area contributed by atoms with E-state index in [2.05, 4.69) is 4.18 Å². The molecule has 1 amide bonds. The van der Waals surface area contributed by atoms with Crippen molar-refractivity contribution in [2.75, 3.05) is 20.2 Å². The Kier molecular flexibility index (Phi) is 5.76. The first-order chi connectivity index (χ1) is 10.5. The van der Waals surface area contributed by atoms with Gasteiger partial charge in [-0.2, -0.15) is 8.42 Å². The van der Waals surface area contributed by atoms with E-state index in [0.29, 0.717) is 25.9 Å². The number of likely N-dealkylation sites (tertiary alicyclic amines) is 1. The van der Waals surface area contributed by atoms with E-state index in [4.69, 9.17) is 8.92 Å². The summed E-state index contributed by atoms with van der Waals surface area (Å²) in [5.41, 5.74) is 0.917. The number of amides is 1. The van der Waals surface area contributed by atoms with Crippen molar-refractivity contribution < 1.29 is 26.3 Å². The molecule has 8 heteroatoms. The van der Waals surface area contributed by atoms with Gasteiger partial charge in [0.2, 0.25) is 0 Å². The SMILES string of the molecule is COS(=O)(=O)OC1CCN(C(=O)OCc2ccccc2)CC1. The Balaban J connectivity index is 1.75. The van der Waals surface area contributed by atoms with E-state index >= 15 is 0 Å². The fraction of sp³-hybridized carbons (Fsp3) is 0.500. The fourth-order valence-corrected chi connectivity index (χ4v) is 2.76. The van der Waals surface area contributed by atoms with Crippen LogP contribution in [0.1, 0.15) is 18.4 Å². The Morgan fingerprint density at radius 2 is 1.86 bits per heavy atom. The number of ether oxygens (including phenoxy) is 1. The Labute approximate surface area is 130 Å². The van der Waals surface area contributed by atoms with E-state index < -0.39 is 22.6 Å². The van der Waals surface area contributed by atoms with Crippen LogP contribution in [0.5, 0.6) is 0 Å². The third-order valence-corrected chi connectivity index (χ3v) is 4.28. The van der Waals surface area contributed by atoms with Crippen LogP contribution in [0.15, 0.2) is 30.3 Å². The number of piperidine rings is 1. The number of hydrogen-bond acceptors (Lipinski definition) is 6. The average Bonchev–Trinajstić information content (AvgIpc) is 2.54. The molecule has 1 aliphatic heterocycles. The minimum atomic E-state index is -3.94. The van der Waals surface area contributed by atoms with Crippen LogP contribution in [0.25, 0.3) is 0 Å². The zero-order valence-electron chi connectivity index (χ0n) is 12.3. The van der Waals surface area contributed by atoms with Crippen molar-refractivity contribution in [3.8, 4) is 0 Å². The highest BCUT2D eigenvalue weighted by molar-refractivity contribution is 7.81. The van der Waals surface area contributed by atoms with Gasteiger partial charge in [0.05, 0.1) is 13.2 Å². The first kappa shape index (κ1) is 16.7. The lowest BCUT2D eigenvalue weighted by atomic mass is 10.1. The van der Waals surface area contributed by atoms with Gasteiger partial charge in [-0.1, -0.05) is 30.3 Å². The fourth-order valence-electron chi connectivity index (χ4n) is 2.15. The van der Waals surface area contributed by atoms with Crippen molar-refractivity contribution in [2.45, 2.75) is 25.6 Å². The van der Waals surface area contributed by atoms with Gasteiger partial charge >= 0.3 is 16.5 Å². The summed E-state index contributed by atoms with van der Waals surface area (Å²) in [4.78, 5) is 13.5. The molecular formula is C14H19NO6S. The molecule has 1 heterocycles. The highest BCUT2D eigenvalue weighted by atomic mass is 32.3. The summed E-state index contributed by atoms with van der Waals surface area (Å²) in [5.74, 6) is 0. The molecule has 0 aromatic heterocycles. The smallest absolute Gasteiger partial charge is 0.410 e. The van der Waals surface area contributed by atoms with Crippen LogP contribution < -0.4 is 0 Å². The first-order valence-electron chi connectivity index (χ1n) is 6.94. The maximum absolute atomic E-state index is 11.9. The number of benzene rings is 1. The standard InChI is InChI=1S/C14H19NO6S/c1-19-22(17,18)21-13-7-9-15(10-8-13)14(16)20-11-12-5-3-2-4-6-12/h2-6,13H,7-11H2,1H3. The zero-order valence-corrected chi connectivity index (χ0v) is 13.1. The maximum atomic E-state index is 11.9. The lowest BCUT2D eigenvalue weighted by Crippen LogP contribution is -2.41. The van der Waals surface area contributed by atoms with Crippen LogP contribution in [0.4, 0.5) is 4.79 Å². The molecule has 1 aliphatic rings. The molecule has 7 nitrogen and oxygen atoms in total. The highest BCUT2D eigenvalue weighted by Gasteiger charge is 2.27. The Morgan fingerprint density at radius 3 is 2.45 bits per heavy atom. The van der Waals surface area contributed by atoms with Crippen LogP contribution in [0.2, 0.25) is 0 Å². The molecule has 0 spiro atoms. The summed E-state index contributed by atoms with van der Waals surface area (Å²) < 4.78 is 36.7. The molecule has 0 aliphatic carbocycles. The quantitative estimate of drug-likeness (QED) is 0.818. The van der Waals surface area contributed by atoms with Crippen molar-refractivity contribution in [1.29, 1.82) is 0 Å². The second kappa shape index (κ2) is 7.57. The number of rotatable bonds is 5. The van der Waals surface area contributed by atoms with E-state index in [1.165, 1.54) is 0 Å². The lowest BCUT2D eigenvalue weighted by molar-refractivity contribution is 0.0611. The van der Waals surface area contributed by atoms with Crippen molar-refractivity contribution in [3.63, 3.8) is 0 Å². The molecule has 0 saturated carbocycles. The van der Waals surface area contributed by atoms with E-state index in [1.54, 1.807) is 4.90 Å². The van der Waals surface area contributed by atoms with Crippen LogP contribution >= 0.6 is 0 Å². The number of carbonyl (C=O) groups is 1. The predicted molar refractivity (Wildman–Crippen MR) is 78.2 cm³/mol. The van der Waals surface area contributed by atoms with E-state index in [9.17, 15) is 13.2 Å². The summed E-state index contributed by atoms with van der Waals surface area (Å²) in [5, 5.41) is 0. The van der Waals surface area contributed by atoms with Crippen LogP contribution in [-0.4, -0.2) is 45.7 Å². The summed E-state index contributed by atoms with van der Waals surface area (Å²) in [6.07, 6.45) is -0.0356. The maximum Gasteiger partial charge on any atom is 0.410 e. The van der Waals surface area contributed by atoms with Crippen molar-refractivity contribution in [2.24, 2.45) is 0 Å². The normalized spacial score (nSPS) is 16.5. The van der Waals surface area contributed by atoms with Gasteiger partial charge in [-0.05, 0) is 18.4 Å². The van der Waals surface area contributed by atoms with E-state index in [1.807, 2.05) is 30.3 Å². The monoisotopic (exact) mass is 329 g/mol. The second-order valence-electron chi connectivity index (χ2n) is 4.90. The first-order valence-corrected chi connectivity index (χ1v) is 8.28. The third kappa shape index (κ3) is 4.97. The molecule has 0 radical (unpaired) electrons. The largest absolute Gasteiger partial charge is 0.445 e. The Hall–Kier alpha value is -1.64. The number of carbonyl (C=O) groups excluding carboxylic acids is 1. The minimum absolute atomic E-state index is 0.216. The van der Waals surface area contributed by atoms with Gasteiger partial charge in [0.25, 0.3) is 0 Å². The topological polar surface area (TPSA) is 82.1 Å².